The summed E-state index contributed by atoms with van der Waals surface area (Å²) in [5.41, 5.74) is 1.16. The van der Waals surface area contributed by atoms with Gasteiger partial charge in [0, 0.05) is 26.2 Å². The van der Waals surface area contributed by atoms with Gasteiger partial charge in [-0.2, -0.15) is 0 Å². The predicted octanol–water partition coefficient (Wildman–Crippen LogP) is 1.78. The fourth-order valence-corrected chi connectivity index (χ4v) is 2.03. The van der Waals surface area contributed by atoms with Crippen molar-refractivity contribution in [3.8, 4) is 5.75 Å². The van der Waals surface area contributed by atoms with Gasteiger partial charge in [0.05, 0.1) is 13.0 Å². The highest BCUT2D eigenvalue weighted by molar-refractivity contribution is 5.69. The number of likely N-dealkylation sites (N-methyl/N-ethyl adjacent to an activating group) is 1. The third-order valence-electron chi connectivity index (χ3n) is 3.38. The van der Waals surface area contributed by atoms with Gasteiger partial charge in [-0.3, -0.25) is 9.69 Å². The molecule has 0 aromatic heterocycles. The second kappa shape index (κ2) is 8.64. The molecule has 0 bridgehead atoms. The smallest absolute Gasteiger partial charge is 0.307 e. The molecule has 5 heteroatoms. The zero-order chi connectivity index (χ0) is 15.8. The standard InChI is InChI=1S/C16H26N2O3/c1-13(16(19)20)11-18(10-9-17(2)3)12-14-5-7-15(21-4)8-6-14/h5-8,13H,9-12H2,1-4H3,(H,19,20). The van der Waals surface area contributed by atoms with Gasteiger partial charge in [-0.25, -0.2) is 0 Å². The Kier molecular flexibility index (Phi) is 7.19. The van der Waals surface area contributed by atoms with Gasteiger partial charge in [-0.1, -0.05) is 19.1 Å². The first kappa shape index (κ1) is 17.5. The lowest BCUT2D eigenvalue weighted by Gasteiger charge is -2.25. The lowest BCUT2D eigenvalue weighted by Crippen LogP contribution is -2.36. The predicted molar refractivity (Wildman–Crippen MR) is 83.6 cm³/mol. The van der Waals surface area contributed by atoms with Gasteiger partial charge in [0.1, 0.15) is 5.75 Å². The van der Waals surface area contributed by atoms with Gasteiger partial charge in [0.2, 0.25) is 0 Å². The van der Waals surface area contributed by atoms with E-state index in [1.807, 2.05) is 38.4 Å². The molecule has 1 N–H and O–H groups in total. The number of rotatable bonds is 9. The molecule has 0 saturated carbocycles. The minimum atomic E-state index is -0.750. The van der Waals surface area contributed by atoms with Crippen LogP contribution in [0.15, 0.2) is 24.3 Å². The summed E-state index contributed by atoms with van der Waals surface area (Å²) in [6.45, 7) is 4.79. The van der Waals surface area contributed by atoms with E-state index in [1.165, 1.54) is 0 Å². The van der Waals surface area contributed by atoms with E-state index in [4.69, 9.17) is 9.84 Å². The maximum atomic E-state index is 11.1. The second-order valence-corrected chi connectivity index (χ2v) is 5.63. The quantitative estimate of drug-likeness (QED) is 0.752. The van der Waals surface area contributed by atoms with Gasteiger partial charge in [0.15, 0.2) is 0 Å². The summed E-state index contributed by atoms with van der Waals surface area (Å²) in [6, 6.07) is 7.90. The number of hydrogen-bond acceptors (Lipinski definition) is 4. The van der Waals surface area contributed by atoms with Crippen molar-refractivity contribution in [2.45, 2.75) is 13.5 Å². The molecule has 0 aliphatic rings. The fraction of sp³-hybridized carbons (Fsp3) is 0.562. The number of carboxylic acid groups (broad SMARTS) is 1. The van der Waals surface area contributed by atoms with Gasteiger partial charge >= 0.3 is 5.97 Å². The van der Waals surface area contributed by atoms with Crippen LogP contribution < -0.4 is 4.74 Å². The highest BCUT2D eigenvalue weighted by atomic mass is 16.5. The van der Waals surface area contributed by atoms with Crippen molar-refractivity contribution in [2.75, 3.05) is 40.8 Å². The molecule has 0 amide bonds. The maximum absolute atomic E-state index is 11.1. The fourth-order valence-electron chi connectivity index (χ4n) is 2.03. The Morgan fingerprint density at radius 3 is 2.33 bits per heavy atom. The Morgan fingerprint density at radius 1 is 1.24 bits per heavy atom. The van der Waals surface area contributed by atoms with Crippen molar-refractivity contribution in [3.05, 3.63) is 29.8 Å². The molecule has 1 rings (SSSR count). The third kappa shape index (κ3) is 6.60. The molecule has 0 heterocycles. The van der Waals surface area contributed by atoms with E-state index in [2.05, 4.69) is 9.80 Å². The molecule has 1 aromatic carbocycles. The number of benzene rings is 1. The highest BCUT2D eigenvalue weighted by Gasteiger charge is 2.16. The molecule has 0 radical (unpaired) electrons. The topological polar surface area (TPSA) is 53.0 Å². The van der Waals surface area contributed by atoms with Crippen molar-refractivity contribution in [1.29, 1.82) is 0 Å². The second-order valence-electron chi connectivity index (χ2n) is 5.63. The monoisotopic (exact) mass is 294 g/mol. The van der Waals surface area contributed by atoms with Gasteiger partial charge in [-0.15, -0.1) is 0 Å². The van der Waals surface area contributed by atoms with Crippen molar-refractivity contribution >= 4 is 5.97 Å². The molecule has 0 fully saturated rings. The molecular weight excluding hydrogens is 268 g/mol. The van der Waals surface area contributed by atoms with Crippen LogP contribution in [0.25, 0.3) is 0 Å². The van der Waals surface area contributed by atoms with Gasteiger partial charge in [0.25, 0.3) is 0 Å². The van der Waals surface area contributed by atoms with E-state index in [0.29, 0.717) is 6.54 Å². The van der Waals surface area contributed by atoms with Crippen LogP contribution in [0.1, 0.15) is 12.5 Å². The van der Waals surface area contributed by atoms with E-state index in [1.54, 1.807) is 14.0 Å². The molecule has 118 valence electrons. The van der Waals surface area contributed by atoms with Crippen LogP contribution in [0.5, 0.6) is 5.75 Å². The molecule has 21 heavy (non-hydrogen) atoms. The minimum Gasteiger partial charge on any atom is -0.497 e. The third-order valence-corrected chi connectivity index (χ3v) is 3.38. The molecule has 0 saturated heterocycles. The van der Waals surface area contributed by atoms with Gasteiger partial charge < -0.3 is 14.7 Å². The summed E-state index contributed by atoms with van der Waals surface area (Å²) >= 11 is 0. The Bertz CT molecular complexity index is 432. The first-order chi connectivity index (χ1) is 9.92. The zero-order valence-electron chi connectivity index (χ0n) is 13.4. The Morgan fingerprint density at radius 2 is 1.86 bits per heavy atom. The van der Waals surface area contributed by atoms with Crippen LogP contribution in [-0.2, 0) is 11.3 Å². The first-order valence-corrected chi connectivity index (χ1v) is 7.15. The number of ether oxygens (including phenoxy) is 1. The molecule has 5 nitrogen and oxygen atoms in total. The number of hydrogen-bond donors (Lipinski definition) is 1. The Hall–Kier alpha value is -1.59. The molecular formula is C16H26N2O3. The lowest BCUT2D eigenvalue weighted by molar-refractivity contribution is -0.141. The van der Waals surface area contributed by atoms with Crippen molar-refractivity contribution in [3.63, 3.8) is 0 Å². The summed E-state index contributed by atoms with van der Waals surface area (Å²) in [4.78, 5) is 15.3. The molecule has 0 aliphatic carbocycles. The molecule has 0 aliphatic heterocycles. The summed E-state index contributed by atoms with van der Waals surface area (Å²) in [5, 5.41) is 9.09. The lowest BCUT2D eigenvalue weighted by atomic mass is 10.1. The Balaban J connectivity index is 2.67. The van der Waals surface area contributed by atoms with Crippen LogP contribution >= 0.6 is 0 Å². The largest absolute Gasteiger partial charge is 0.497 e. The molecule has 1 unspecified atom stereocenters. The number of carbonyl (C=O) groups is 1. The molecule has 0 spiro atoms. The van der Waals surface area contributed by atoms with E-state index < -0.39 is 5.97 Å². The summed E-state index contributed by atoms with van der Waals surface area (Å²) in [7, 11) is 5.69. The van der Waals surface area contributed by atoms with Crippen LogP contribution in [0.3, 0.4) is 0 Å². The van der Waals surface area contributed by atoms with Crippen molar-refractivity contribution in [1.82, 2.24) is 9.80 Å². The SMILES string of the molecule is COc1ccc(CN(CCN(C)C)CC(C)C(=O)O)cc1. The number of carboxylic acids is 1. The molecule has 1 aromatic rings. The van der Waals surface area contributed by atoms with Crippen LogP contribution in [-0.4, -0.2) is 61.7 Å². The van der Waals surface area contributed by atoms with E-state index in [0.717, 1.165) is 30.9 Å². The minimum absolute atomic E-state index is 0.370. The normalized spacial score (nSPS) is 12.7. The van der Waals surface area contributed by atoms with Gasteiger partial charge in [-0.05, 0) is 31.8 Å². The first-order valence-electron chi connectivity index (χ1n) is 7.15. The van der Waals surface area contributed by atoms with Crippen molar-refractivity contribution < 1.29 is 14.6 Å². The number of aliphatic carboxylic acids is 1. The maximum Gasteiger partial charge on any atom is 0.307 e. The number of nitrogens with zero attached hydrogens (tertiary/aromatic N) is 2. The number of methoxy groups -OCH3 is 1. The highest BCUT2D eigenvalue weighted by Crippen LogP contribution is 2.14. The van der Waals surface area contributed by atoms with Crippen molar-refractivity contribution in [2.24, 2.45) is 5.92 Å². The summed E-state index contributed by atoms with van der Waals surface area (Å²) in [6.07, 6.45) is 0. The van der Waals surface area contributed by atoms with Crippen LogP contribution in [0.4, 0.5) is 0 Å². The summed E-state index contributed by atoms with van der Waals surface area (Å²) < 4.78 is 5.15. The molecule has 1 atom stereocenters. The van der Waals surface area contributed by atoms with E-state index >= 15 is 0 Å². The zero-order valence-corrected chi connectivity index (χ0v) is 13.4. The van der Waals surface area contributed by atoms with E-state index in [-0.39, 0.29) is 5.92 Å². The van der Waals surface area contributed by atoms with Crippen LogP contribution in [0, 0.1) is 5.92 Å². The Labute approximate surface area is 127 Å². The summed E-state index contributed by atoms with van der Waals surface area (Å²) in [5.74, 6) is -0.289. The van der Waals surface area contributed by atoms with Crippen LogP contribution in [0.2, 0.25) is 0 Å². The average Bonchev–Trinajstić information content (AvgIpc) is 2.45. The van der Waals surface area contributed by atoms with E-state index in [9.17, 15) is 4.79 Å². The average molecular weight is 294 g/mol.